The van der Waals surface area contributed by atoms with Crippen molar-refractivity contribution in [1.29, 1.82) is 0 Å². The molecule has 1 amide bonds. The Morgan fingerprint density at radius 3 is 2.67 bits per heavy atom. The highest BCUT2D eigenvalue weighted by atomic mass is 32.1. The van der Waals surface area contributed by atoms with Crippen LogP contribution in [0.2, 0.25) is 0 Å². The maximum Gasteiger partial charge on any atom is 0.308 e. The first kappa shape index (κ1) is 13.1. The van der Waals surface area contributed by atoms with Gasteiger partial charge in [0.2, 0.25) is 0 Å². The second kappa shape index (κ2) is 5.10. The van der Waals surface area contributed by atoms with E-state index in [0.29, 0.717) is 18.0 Å². The number of carbonyl (C=O) groups is 2. The van der Waals surface area contributed by atoms with E-state index in [1.54, 1.807) is 4.90 Å². The van der Waals surface area contributed by atoms with Crippen molar-refractivity contribution in [2.24, 2.45) is 11.8 Å². The van der Waals surface area contributed by atoms with Gasteiger partial charge < -0.3 is 10.0 Å². The molecule has 1 N–H and O–H groups in total. The minimum atomic E-state index is -0.807. The molecule has 2 unspecified atom stereocenters. The van der Waals surface area contributed by atoms with Crippen LogP contribution < -0.4 is 0 Å². The fourth-order valence-corrected chi connectivity index (χ4v) is 3.21. The molecule has 0 spiro atoms. The van der Waals surface area contributed by atoms with E-state index < -0.39 is 11.9 Å². The second-order valence-corrected chi connectivity index (χ2v) is 5.92. The van der Waals surface area contributed by atoms with Crippen molar-refractivity contribution >= 4 is 23.2 Å². The number of nitrogens with zero attached hydrogens (tertiary/aromatic N) is 1. The summed E-state index contributed by atoms with van der Waals surface area (Å²) in [6.07, 6.45) is 0.923. The number of hydrogen-bond acceptors (Lipinski definition) is 3. The molecule has 0 aliphatic carbocycles. The van der Waals surface area contributed by atoms with Crippen molar-refractivity contribution in [3.63, 3.8) is 0 Å². The van der Waals surface area contributed by atoms with Gasteiger partial charge in [0.15, 0.2) is 0 Å². The second-order valence-electron chi connectivity index (χ2n) is 4.75. The van der Waals surface area contributed by atoms with Gasteiger partial charge in [0.25, 0.3) is 5.91 Å². The molecule has 1 saturated heterocycles. The molecular weight excluding hydrogens is 250 g/mol. The van der Waals surface area contributed by atoms with Gasteiger partial charge >= 0.3 is 5.97 Å². The lowest BCUT2D eigenvalue weighted by Gasteiger charge is -2.14. The smallest absolute Gasteiger partial charge is 0.308 e. The molecule has 1 aliphatic rings. The zero-order valence-corrected chi connectivity index (χ0v) is 11.4. The maximum absolute atomic E-state index is 12.2. The molecule has 2 atom stereocenters. The molecule has 1 aliphatic heterocycles. The fraction of sp³-hybridized carbons (Fsp3) is 0.538. The van der Waals surface area contributed by atoms with E-state index in [1.807, 2.05) is 19.1 Å². The molecule has 0 bridgehead atoms. The monoisotopic (exact) mass is 267 g/mol. The predicted octanol–water partition coefficient (Wildman–Crippen LogP) is 2.10. The highest BCUT2D eigenvalue weighted by Crippen LogP contribution is 2.26. The lowest BCUT2D eigenvalue weighted by Crippen LogP contribution is -2.29. The van der Waals surface area contributed by atoms with Gasteiger partial charge in [0.05, 0.1) is 10.8 Å². The molecule has 0 aromatic carbocycles. The molecule has 1 aromatic rings. The summed E-state index contributed by atoms with van der Waals surface area (Å²) in [5.41, 5.74) is 0. The first-order valence-electron chi connectivity index (χ1n) is 6.13. The number of carbonyl (C=O) groups excluding carboxylic acids is 1. The first-order valence-corrected chi connectivity index (χ1v) is 6.95. The number of aliphatic carboxylic acids is 1. The van der Waals surface area contributed by atoms with Crippen LogP contribution in [0.3, 0.4) is 0 Å². The molecule has 1 aromatic heterocycles. The van der Waals surface area contributed by atoms with Crippen molar-refractivity contribution < 1.29 is 14.7 Å². The lowest BCUT2D eigenvalue weighted by molar-refractivity contribution is -0.142. The van der Waals surface area contributed by atoms with E-state index in [-0.39, 0.29) is 11.8 Å². The van der Waals surface area contributed by atoms with Gasteiger partial charge in [0, 0.05) is 18.0 Å². The molecule has 18 heavy (non-hydrogen) atoms. The Morgan fingerprint density at radius 1 is 1.44 bits per heavy atom. The summed E-state index contributed by atoms with van der Waals surface area (Å²) in [4.78, 5) is 26.8. The van der Waals surface area contributed by atoms with Gasteiger partial charge in [-0.2, -0.15) is 0 Å². The Kier molecular flexibility index (Phi) is 3.71. The lowest BCUT2D eigenvalue weighted by atomic mass is 9.99. The summed E-state index contributed by atoms with van der Waals surface area (Å²) < 4.78 is 0. The number of carboxylic acids is 1. The maximum atomic E-state index is 12.2. The van der Waals surface area contributed by atoms with E-state index in [9.17, 15) is 9.59 Å². The number of carboxylic acid groups (broad SMARTS) is 1. The van der Waals surface area contributed by atoms with Gasteiger partial charge in [-0.05, 0) is 24.5 Å². The molecule has 4 nitrogen and oxygen atoms in total. The predicted molar refractivity (Wildman–Crippen MR) is 69.9 cm³/mol. The summed E-state index contributed by atoms with van der Waals surface area (Å²) in [6.45, 7) is 4.81. The number of aryl methyl sites for hydroxylation is 1. The summed E-state index contributed by atoms with van der Waals surface area (Å²) in [5, 5.41) is 9.06. The summed E-state index contributed by atoms with van der Waals surface area (Å²) in [6, 6.07) is 3.80. The van der Waals surface area contributed by atoms with Crippen LogP contribution in [-0.4, -0.2) is 35.0 Å². The zero-order valence-electron chi connectivity index (χ0n) is 10.5. The standard InChI is InChI=1S/C13H17NO3S/c1-3-9-4-5-11(18-9)12(15)14-6-8(2)10(7-14)13(16)17/h4-5,8,10H,3,6-7H2,1-2H3,(H,16,17). The average Bonchev–Trinajstić information content (AvgIpc) is 2.94. The average molecular weight is 267 g/mol. The van der Waals surface area contributed by atoms with Crippen LogP contribution in [0.1, 0.15) is 28.4 Å². The van der Waals surface area contributed by atoms with E-state index in [0.717, 1.165) is 6.42 Å². The molecule has 5 heteroatoms. The Balaban J connectivity index is 2.09. The number of amides is 1. The molecule has 0 radical (unpaired) electrons. The molecule has 2 rings (SSSR count). The largest absolute Gasteiger partial charge is 0.481 e. The topological polar surface area (TPSA) is 57.6 Å². The molecule has 2 heterocycles. The molecule has 98 valence electrons. The Morgan fingerprint density at radius 2 is 2.17 bits per heavy atom. The number of thiophene rings is 1. The van der Waals surface area contributed by atoms with E-state index >= 15 is 0 Å². The highest BCUT2D eigenvalue weighted by Gasteiger charge is 2.37. The summed E-state index contributed by atoms with van der Waals surface area (Å²) in [7, 11) is 0. The van der Waals surface area contributed by atoms with Crippen LogP contribution in [0.4, 0.5) is 0 Å². The Bertz CT molecular complexity index is 469. The highest BCUT2D eigenvalue weighted by molar-refractivity contribution is 7.14. The summed E-state index contributed by atoms with van der Waals surface area (Å²) >= 11 is 1.50. The summed E-state index contributed by atoms with van der Waals surface area (Å²) in [5.74, 6) is -1.25. The van der Waals surface area contributed by atoms with Crippen LogP contribution in [0.25, 0.3) is 0 Å². The van der Waals surface area contributed by atoms with Crippen LogP contribution in [0.15, 0.2) is 12.1 Å². The quantitative estimate of drug-likeness (QED) is 0.912. The van der Waals surface area contributed by atoms with Crippen LogP contribution in [0.5, 0.6) is 0 Å². The van der Waals surface area contributed by atoms with E-state index in [1.165, 1.54) is 16.2 Å². The minimum Gasteiger partial charge on any atom is -0.481 e. The van der Waals surface area contributed by atoms with Gasteiger partial charge in [-0.25, -0.2) is 0 Å². The third-order valence-electron chi connectivity index (χ3n) is 3.44. The molecular formula is C13H17NO3S. The van der Waals surface area contributed by atoms with E-state index in [2.05, 4.69) is 6.92 Å². The zero-order chi connectivity index (χ0) is 13.3. The number of hydrogen-bond donors (Lipinski definition) is 1. The third kappa shape index (κ3) is 2.41. The number of rotatable bonds is 3. The van der Waals surface area contributed by atoms with Crippen molar-refractivity contribution in [1.82, 2.24) is 4.90 Å². The van der Waals surface area contributed by atoms with Gasteiger partial charge in [-0.1, -0.05) is 13.8 Å². The van der Waals surface area contributed by atoms with Crippen molar-refractivity contribution in [2.75, 3.05) is 13.1 Å². The first-order chi connectivity index (χ1) is 8.52. The minimum absolute atomic E-state index is 0.0251. The molecule has 1 fully saturated rings. The van der Waals surface area contributed by atoms with Gasteiger partial charge in [-0.3, -0.25) is 9.59 Å². The van der Waals surface area contributed by atoms with Crippen LogP contribution in [0, 0.1) is 11.8 Å². The molecule has 0 saturated carbocycles. The van der Waals surface area contributed by atoms with E-state index in [4.69, 9.17) is 5.11 Å². The Hall–Kier alpha value is -1.36. The van der Waals surface area contributed by atoms with Crippen LogP contribution in [-0.2, 0) is 11.2 Å². The third-order valence-corrected chi connectivity index (χ3v) is 4.66. The van der Waals surface area contributed by atoms with Crippen molar-refractivity contribution in [3.05, 3.63) is 21.9 Å². The normalized spacial score (nSPS) is 23.3. The SMILES string of the molecule is CCc1ccc(C(=O)N2CC(C)C(C(=O)O)C2)s1. The number of likely N-dealkylation sites (tertiary alicyclic amines) is 1. The van der Waals surface area contributed by atoms with Crippen molar-refractivity contribution in [2.45, 2.75) is 20.3 Å². The van der Waals surface area contributed by atoms with Crippen LogP contribution >= 0.6 is 11.3 Å². The van der Waals surface area contributed by atoms with Gasteiger partial charge in [0.1, 0.15) is 0 Å². The van der Waals surface area contributed by atoms with Crippen molar-refractivity contribution in [3.8, 4) is 0 Å². The fourth-order valence-electron chi connectivity index (χ4n) is 2.29. The Labute approximate surface area is 110 Å². The van der Waals surface area contributed by atoms with Gasteiger partial charge in [-0.15, -0.1) is 11.3 Å².